The molecule has 0 saturated heterocycles. The van der Waals surface area contributed by atoms with Gasteiger partial charge in [-0.05, 0) is 40.8 Å². The lowest BCUT2D eigenvalue weighted by molar-refractivity contribution is -0.172. The van der Waals surface area contributed by atoms with Gasteiger partial charge in [0.1, 0.15) is 11.6 Å². The Balaban J connectivity index is 2.24. The second-order valence-corrected chi connectivity index (χ2v) is 7.20. The maximum atomic E-state index is 13.8. The molecule has 2 rings (SSSR count). The highest BCUT2D eigenvalue weighted by Gasteiger charge is 2.42. The molecule has 29 heavy (non-hydrogen) atoms. The predicted octanol–water partition coefficient (Wildman–Crippen LogP) is 4.56. The standard InChI is InChI=1S/C21H21F4NO3/c1-20(2,11-18(27)21(23,24)25)17-9-6-14(22)10-16(17)19(28)26-12-13-4-7-15(29-3)8-5-13/h4-10H,11-12H2,1-3H3,(H,26,28). The molecule has 4 nitrogen and oxygen atoms in total. The number of methoxy groups -OCH3 is 1. The minimum Gasteiger partial charge on any atom is -0.497 e. The minimum atomic E-state index is -4.98. The number of carbonyl (C=O) groups is 2. The Hall–Kier alpha value is -2.90. The molecule has 1 amide bonds. The van der Waals surface area contributed by atoms with E-state index < -0.39 is 35.5 Å². The lowest BCUT2D eigenvalue weighted by Gasteiger charge is -2.27. The number of amides is 1. The van der Waals surface area contributed by atoms with Crippen LogP contribution in [0.15, 0.2) is 42.5 Å². The zero-order valence-electron chi connectivity index (χ0n) is 16.2. The van der Waals surface area contributed by atoms with Crippen molar-refractivity contribution < 1.29 is 31.9 Å². The van der Waals surface area contributed by atoms with Crippen LogP contribution in [-0.4, -0.2) is 25.0 Å². The number of rotatable bonds is 7. The lowest BCUT2D eigenvalue weighted by Crippen LogP contribution is -2.33. The lowest BCUT2D eigenvalue weighted by atomic mass is 9.77. The number of hydrogen-bond donors (Lipinski definition) is 1. The summed E-state index contributed by atoms with van der Waals surface area (Å²) in [6.45, 7) is 2.94. The Morgan fingerprint density at radius 2 is 1.66 bits per heavy atom. The summed E-state index contributed by atoms with van der Waals surface area (Å²) in [4.78, 5) is 24.1. The highest BCUT2D eigenvalue weighted by molar-refractivity contribution is 5.96. The topological polar surface area (TPSA) is 55.4 Å². The van der Waals surface area contributed by atoms with E-state index in [2.05, 4.69) is 5.32 Å². The van der Waals surface area contributed by atoms with Crippen molar-refractivity contribution in [2.45, 2.75) is 38.4 Å². The minimum absolute atomic E-state index is 0.113. The van der Waals surface area contributed by atoms with Gasteiger partial charge >= 0.3 is 6.18 Å². The fourth-order valence-electron chi connectivity index (χ4n) is 2.91. The largest absolute Gasteiger partial charge is 0.497 e. The summed E-state index contributed by atoms with van der Waals surface area (Å²) in [7, 11) is 1.52. The fraction of sp³-hybridized carbons (Fsp3) is 0.333. The van der Waals surface area contributed by atoms with Crippen molar-refractivity contribution >= 4 is 11.7 Å². The SMILES string of the molecule is COc1ccc(CNC(=O)c2cc(F)ccc2C(C)(C)CC(=O)C(F)(F)F)cc1. The molecular formula is C21H21F4NO3. The van der Waals surface area contributed by atoms with E-state index in [1.54, 1.807) is 24.3 Å². The Labute approximate surface area is 165 Å². The Kier molecular flexibility index (Phi) is 6.66. The summed E-state index contributed by atoms with van der Waals surface area (Å²) in [5, 5.41) is 2.62. The predicted molar refractivity (Wildman–Crippen MR) is 99.3 cm³/mol. The van der Waals surface area contributed by atoms with E-state index in [0.29, 0.717) is 5.75 Å². The van der Waals surface area contributed by atoms with Crippen LogP contribution < -0.4 is 10.1 Å². The van der Waals surface area contributed by atoms with Crippen LogP contribution in [0.3, 0.4) is 0 Å². The van der Waals surface area contributed by atoms with Gasteiger partial charge in [-0.2, -0.15) is 13.2 Å². The summed E-state index contributed by atoms with van der Waals surface area (Å²) < 4.78 is 56.9. The number of carbonyl (C=O) groups excluding carboxylic acids is 2. The molecule has 0 atom stereocenters. The van der Waals surface area contributed by atoms with Gasteiger partial charge in [0.2, 0.25) is 5.78 Å². The summed E-state index contributed by atoms with van der Waals surface area (Å²) in [6, 6.07) is 10.1. The quantitative estimate of drug-likeness (QED) is 0.680. The van der Waals surface area contributed by atoms with Crippen LogP contribution >= 0.6 is 0 Å². The van der Waals surface area contributed by atoms with E-state index in [4.69, 9.17) is 4.74 Å². The van der Waals surface area contributed by atoms with Crippen LogP contribution in [0.2, 0.25) is 0 Å². The normalized spacial score (nSPS) is 11.8. The molecule has 0 radical (unpaired) electrons. The molecule has 0 saturated carbocycles. The number of Topliss-reactive ketones (excluding diaryl/α,β-unsaturated/α-hetero) is 1. The van der Waals surface area contributed by atoms with Crippen LogP contribution in [-0.2, 0) is 16.8 Å². The van der Waals surface area contributed by atoms with Crippen molar-refractivity contribution in [1.29, 1.82) is 0 Å². The first-order valence-corrected chi connectivity index (χ1v) is 8.75. The molecule has 156 valence electrons. The fourth-order valence-corrected chi connectivity index (χ4v) is 2.91. The van der Waals surface area contributed by atoms with Gasteiger partial charge in [0.05, 0.1) is 7.11 Å². The zero-order chi connectivity index (χ0) is 21.8. The van der Waals surface area contributed by atoms with Crippen molar-refractivity contribution in [1.82, 2.24) is 5.32 Å². The molecule has 0 heterocycles. The van der Waals surface area contributed by atoms with E-state index in [9.17, 15) is 27.2 Å². The highest BCUT2D eigenvalue weighted by atomic mass is 19.4. The summed E-state index contributed by atoms with van der Waals surface area (Å²) in [5.74, 6) is -2.62. The van der Waals surface area contributed by atoms with Crippen LogP contribution in [0.5, 0.6) is 5.75 Å². The van der Waals surface area contributed by atoms with E-state index in [0.717, 1.165) is 17.7 Å². The van der Waals surface area contributed by atoms with Crippen LogP contribution in [0, 0.1) is 5.82 Å². The second-order valence-electron chi connectivity index (χ2n) is 7.20. The Bertz CT molecular complexity index is 890. The molecular weight excluding hydrogens is 390 g/mol. The second kappa shape index (κ2) is 8.63. The molecule has 0 aliphatic heterocycles. The molecule has 1 N–H and O–H groups in total. The van der Waals surface area contributed by atoms with Gasteiger partial charge in [-0.25, -0.2) is 4.39 Å². The number of halogens is 4. The average Bonchev–Trinajstić information content (AvgIpc) is 2.65. The van der Waals surface area contributed by atoms with Crippen LogP contribution in [0.25, 0.3) is 0 Å². The first-order chi connectivity index (χ1) is 13.4. The number of nitrogens with one attached hydrogen (secondary N) is 1. The monoisotopic (exact) mass is 411 g/mol. The van der Waals surface area contributed by atoms with Gasteiger partial charge in [-0.3, -0.25) is 9.59 Å². The van der Waals surface area contributed by atoms with E-state index in [1.807, 2.05) is 0 Å². The zero-order valence-corrected chi connectivity index (χ0v) is 16.2. The van der Waals surface area contributed by atoms with E-state index >= 15 is 0 Å². The third-order valence-corrected chi connectivity index (χ3v) is 4.49. The molecule has 0 aliphatic carbocycles. The molecule has 0 spiro atoms. The van der Waals surface area contributed by atoms with Crippen molar-refractivity contribution in [2.24, 2.45) is 0 Å². The van der Waals surface area contributed by atoms with Gasteiger partial charge in [-0.15, -0.1) is 0 Å². The number of alkyl halides is 3. The number of ether oxygens (including phenoxy) is 1. The first kappa shape index (κ1) is 22.4. The van der Waals surface area contributed by atoms with Gasteiger partial charge in [0.15, 0.2) is 0 Å². The highest BCUT2D eigenvalue weighted by Crippen LogP contribution is 2.34. The van der Waals surface area contributed by atoms with Gasteiger partial charge in [0, 0.05) is 18.5 Å². The smallest absolute Gasteiger partial charge is 0.450 e. The van der Waals surface area contributed by atoms with E-state index in [1.165, 1.54) is 27.0 Å². The third kappa shape index (κ3) is 5.79. The van der Waals surface area contributed by atoms with Crippen LogP contribution in [0.1, 0.15) is 41.8 Å². The summed E-state index contributed by atoms with van der Waals surface area (Å²) in [5.41, 5.74) is -0.529. The van der Waals surface area contributed by atoms with Gasteiger partial charge in [0.25, 0.3) is 5.91 Å². The number of benzene rings is 2. The van der Waals surface area contributed by atoms with Crippen LogP contribution in [0.4, 0.5) is 17.6 Å². The number of ketones is 1. The van der Waals surface area contributed by atoms with Crippen molar-refractivity contribution in [3.05, 3.63) is 65.0 Å². The molecule has 0 unspecified atom stereocenters. The summed E-state index contributed by atoms with van der Waals surface area (Å²) in [6.07, 6.45) is -5.84. The molecule has 8 heteroatoms. The first-order valence-electron chi connectivity index (χ1n) is 8.75. The maximum absolute atomic E-state index is 13.8. The molecule has 0 fully saturated rings. The Morgan fingerprint density at radius 1 is 1.03 bits per heavy atom. The van der Waals surface area contributed by atoms with Gasteiger partial charge in [-0.1, -0.05) is 32.0 Å². The Morgan fingerprint density at radius 3 is 2.21 bits per heavy atom. The summed E-state index contributed by atoms with van der Waals surface area (Å²) >= 11 is 0. The van der Waals surface area contributed by atoms with E-state index in [-0.39, 0.29) is 17.7 Å². The van der Waals surface area contributed by atoms with Crippen molar-refractivity contribution in [2.75, 3.05) is 7.11 Å². The van der Waals surface area contributed by atoms with Crippen molar-refractivity contribution in [3.63, 3.8) is 0 Å². The molecule has 2 aromatic carbocycles. The number of hydrogen-bond acceptors (Lipinski definition) is 3. The average molecular weight is 411 g/mol. The molecule has 0 bridgehead atoms. The maximum Gasteiger partial charge on any atom is 0.450 e. The van der Waals surface area contributed by atoms with Gasteiger partial charge < -0.3 is 10.1 Å². The third-order valence-electron chi connectivity index (χ3n) is 4.49. The molecule has 2 aromatic rings. The molecule has 0 aliphatic rings. The molecule has 0 aromatic heterocycles. The van der Waals surface area contributed by atoms with Crippen molar-refractivity contribution in [3.8, 4) is 5.75 Å².